The second-order valence-electron chi connectivity index (χ2n) is 5.03. The number of nitrogens with one attached hydrogen (secondary N) is 1. The first-order chi connectivity index (χ1) is 11.6. The number of hydrogen-bond donors (Lipinski definition) is 1. The van der Waals surface area contributed by atoms with E-state index in [4.69, 9.17) is 14.0 Å². The highest BCUT2D eigenvalue weighted by Crippen LogP contribution is 2.32. The summed E-state index contributed by atoms with van der Waals surface area (Å²) in [5, 5.41) is 6.85. The molecule has 0 aliphatic rings. The lowest BCUT2D eigenvalue weighted by Gasteiger charge is -2.08. The molecule has 0 radical (unpaired) electrons. The molecular formula is C17H22N2O4S. The van der Waals surface area contributed by atoms with Crippen LogP contribution < -0.4 is 14.8 Å². The third-order valence-corrected chi connectivity index (χ3v) is 4.34. The molecule has 0 aliphatic heterocycles. The number of hydrogen-bond acceptors (Lipinski definition) is 6. The summed E-state index contributed by atoms with van der Waals surface area (Å²) in [6.07, 6.45) is 0. The zero-order valence-electron chi connectivity index (χ0n) is 14.3. The number of benzene rings is 1. The summed E-state index contributed by atoms with van der Waals surface area (Å²) in [5.74, 6) is 3.34. The third-order valence-electron chi connectivity index (χ3n) is 3.44. The number of ether oxygens (including phenoxy) is 2. The molecule has 0 saturated carbocycles. The van der Waals surface area contributed by atoms with Gasteiger partial charge in [0.1, 0.15) is 17.1 Å². The maximum absolute atomic E-state index is 12.5. The van der Waals surface area contributed by atoms with Crippen LogP contribution in [-0.2, 0) is 0 Å². The van der Waals surface area contributed by atoms with Crippen LogP contribution in [0, 0.1) is 6.92 Å². The van der Waals surface area contributed by atoms with Gasteiger partial charge in [-0.05, 0) is 24.8 Å². The van der Waals surface area contributed by atoms with Gasteiger partial charge >= 0.3 is 0 Å². The Morgan fingerprint density at radius 3 is 2.50 bits per heavy atom. The van der Waals surface area contributed by atoms with Gasteiger partial charge in [-0.1, -0.05) is 12.1 Å². The lowest BCUT2D eigenvalue weighted by atomic mass is 10.1. The van der Waals surface area contributed by atoms with E-state index in [0.29, 0.717) is 40.6 Å². The van der Waals surface area contributed by atoms with Crippen molar-refractivity contribution in [3.05, 3.63) is 29.5 Å². The number of aromatic nitrogens is 1. The van der Waals surface area contributed by atoms with Gasteiger partial charge in [-0.15, -0.1) is 0 Å². The van der Waals surface area contributed by atoms with Gasteiger partial charge < -0.3 is 19.3 Å². The van der Waals surface area contributed by atoms with Crippen molar-refractivity contribution >= 4 is 17.7 Å². The average molecular weight is 350 g/mol. The van der Waals surface area contributed by atoms with Crippen LogP contribution in [-0.4, -0.2) is 43.3 Å². The van der Waals surface area contributed by atoms with Crippen LogP contribution in [0.25, 0.3) is 11.3 Å². The van der Waals surface area contributed by atoms with Crippen molar-refractivity contribution in [1.82, 2.24) is 10.5 Å². The van der Waals surface area contributed by atoms with E-state index in [9.17, 15) is 4.79 Å². The maximum atomic E-state index is 12.5. The molecule has 6 nitrogen and oxygen atoms in total. The summed E-state index contributed by atoms with van der Waals surface area (Å²) in [7, 11) is 3.15. The normalized spacial score (nSPS) is 10.5. The number of amides is 1. The third kappa shape index (κ3) is 4.23. The molecule has 7 heteroatoms. The highest BCUT2D eigenvalue weighted by Gasteiger charge is 2.22. The molecule has 0 spiro atoms. The number of nitrogens with zero attached hydrogens (tertiary/aromatic N) is 1. The summed E-state index contributed by atoms with van der Waals surface area (Å²) < 4.78 is 15.9. The maximum Gasteiger partial charge on any atom is 0.257 e. The van der Waals surface area contributed by atoms with E-state index < -0.39 is 0 Å². The van der Waals surface area contributed by atoms with Crippen molar-refractivity contribution in [3.8, 4) is 22.8 Å². The van der Waals surface area contributed by atoms with Crippen LogP contribution in [0.2, 0.25) is 0 Å². The number of thioether (sulfide) groups is 1. The smallest absolute Gasteiger partial charge is 0.257 e. The molecule has 1 N–H and O–H groups in total. The summed E-state index contributed by atoms with van der Waals surface area (Å²) in [5.41, 5.74) is 1.67. The molecule has 0 aliphatic carbocycles. The number of methoxy groups -OCH3 is 2. The van der Waals surface area contributed by atoms with Crippen LogP contribution in [0.3, 0.4) is 0 Å². The van der Waals surface area contributed by atoms with Crippen LogP contribution in [0.5, 0.6) is 11.5 Å². The average Bonchev–Trinajstić information content (AvgIpc) is 2.99. The lowest BCUT2D eigenvalue weighted by molar-refractivity contribution is 0.0956. The van der Waals surface area contributed by atoms with E-state index in [1.807, 2.05) is 0 Å². The van der Waals surface area contributed by atoms with E-state index in [1.165, 1.54) is 0 Å². The molecule has 2 aromatic rings. The topological polar surface area (TPSA) is 73.6 Å². The molecule has 1 amide bonds. The lowest BCUT2D eigenvalue weighted by Crippen LogP contribution is -2.26. The summed E-state index contributed by atoms with van der Waals surface area (Å²) in [6.45, 7) is 4.44. The zero-order chi connectivity index (χ0) is 17.5. The second kappa shape index (κ2) is 8.63. The van der Waals surface area contributed by atoms with Gasteiger partial charge in [0.05, 0.1) is 19.9 Å². The molecule has 130 valence electrons. The van der Waals surface area contributed by atoms with Crippen molar-refractivity contribution < 1.29 is 18.8 Å². The Morgan fingerprint density at radius 2 is 1.92 bits per heavy atom. The summed E-state index contributed by atoms with van der Waals surface area (Å²) in [4.78, 5) is 12.5. The Bertz CT molecular complexity index is 678. The summed E-state index contributed by atoms with van der Waals surface area (Å²) in [6, 6.07) is 5.33. The van der Waals surface area contributed by atoms with Crippen LogP contribution in [0.15, 0.2) is 22.7 Å². The predicted molar refractivity (Wildman–Crippen MR) is 95.1 cm³/mol. The second-order valence-corrected chi connectivity index (χ2v) is 6.42. The van der Waals surface area contributed by atoms with Crippen LogP contribution in [0.4, 0.5) is 0 Å². The zero-order valence-corrected chi connectivity index (χ0v) is 15.2. The molecule has 0 atom stereocenters. The minimum absolute atomic E-state index is 0.192. The van der Waals surface area contributed by atoms with Gasteiger partial charge in [0.2, 0.25) is 0 Å². The molecule has 0 unspecified atom stereocenters. The van der Waals surface area contributed by atoms with Gasteiger partial charge in [0, 0.05) is 23.9 Å². The van der Waals surface area contributed by atoms with Crippen LogP contribution >= 0.6 is 11.8 Å². The Morgan fingerprint density at radius 1 is 1.25 bits per heavy atom. The van der Waals surface area contributed by atoms with E-state index >= 15 is 0 Å². The van der Waals surface area contributed by atoms with Gasteiger partial charge in [-0.2, -0.15) is 11.8 Å². The fourth-order valence-electron chi connectivity index (χ4n) is 2.24. The molecule has 0 saturated heterocycles. The van der Waals surface area contributed by atoms with E-state index in [0.717, 1.165) is 11.5 Å². The number of carbonyl (C=O) groups is 1. The fourth-order valence-corrected chi connectivity index (χ4v) is 2.78. The minimum atomic E-state index is -0.192. The molecule has 2 rings (SSSR count). The number of carbonyl (C=O) groups excluding carboxylic acids is 1. The predicted octanol–water partition coefficient (Wildman–Crippen LogP) is 3.15. The first kappa shape index (κ1) is 18.2. The highest BCUT2D eigenvalue weighted by atomic mass is 32.2. The molecule has 0 fully saturated rings. The number of aryl methyl sites for hydroxylation is 1. The van der Waals surface area contributed by atoms with Crippen molar-refractivity contribution in [2.75, 3.05) is 32.3 Å². The quantitative estimate of drug-likeness (QED) is 0.737. The number of rotatable bonds is 8. The molecule has 1 heterocycles. The van der Waals surface area contributed by atoms with Crippen molar-refractivity contribution in [2.24, 2.45) is 0 Å². The summed E-state index contributed by atoms with van der Waals surface area (Å²) >= 11 is 1.78. The van der Waals surface area contributed by atoms with Gasteiger partial charge in [0.25, 0.3) is 5.91 Å². The van der Waals surface area contributed by atoms with E-state index in [-0.39, 0.29) is 5.91 Å². The molecule has 0 bridgehead atoms. The van der Waals surface area contributed by atoms with E-state index in [2.05, 4.69) is 17.4 Å². The first-order valence-electron chi connectivity index (χ1n) is 7.66. The SMILES string of the molecule is CCSCCNC(=O)c1c(C)noc1-c1cc(OC)cc(OC)c1. The Labute approximate surface area is 145 Å². The van der Waals surface area contributed by atoms with Crippen molar-refractivity contribution in [1.29, 1.82) is 0 Å². The van der Waals surface area contributed by atoms with Gasteiger partial charge in [0.15, 0.2) is 5.76 Å². The molecule has 1 aromatic carbocycles. The van der Waals surface area contributed by atoms with Crippen molar-refractivity contribution in [2.45, 2.75) is 13.8 Å². The van der Waals surface area contributed by atoms with E-state index in [1.54, 1.807) is 51.1 Å². The monoisotopic (exact) mass is 350 g/mol. The van der Waals surface area contributed by atoms with Crippen LogP contribution in [0.1, 0.15) is 23.0 Å². The van der Waals surface area contributed by atoms with Gasteiger partial charge in [-0.3, -0.25) is 4.79 Å². The largest absolute Gasteiger partial charge is 0.497 e. The fraction of sp³-hybridized carbons (Fsp3) is 0.412. The Kier molecular flexibility index (Phi) is 6.54. The standard InChI is InChI=1S/C17H22N2O4S/c1-5-24-7-6-18-17(20)15-11(2)19-23-16(15)12-8-13(21-3)10-14(9-12)22-4/h8-10H,5-7H2,1-4H3,(H,18,20). The molecule has 1 aromatic heterocycles. The minimum Gasteiger partial charge on any atom is -0.497 e. The molecule has 24 heavy (non-hydrogen) atoms. The van der Waals surface area contributed by atoms with Crippen molar-refractivity contribution in [3.63, 3.8) is 0 Å². The molecular weight excluding hydrogens is 328 g/mol. The Balaban J connectivity index is 2.31. The Hall–Kier alpha value is -2.15. The van der Waals surface area contributed by atoms with Gasteiger partial charge in [-0.25, -0.2) is 0 Å². The first-order valence-corrected chi connectivity index (χ1v) is 8.81. The highest BCUT2D eigenvalue weighted by molar-refractivity contribution is 7.99.